The maximum Gasteiger partial charge on any atom is 0.408 e. The van der Waals surface area contributed by atoms with Gasteiger partial charge < -0.3 is 43.8 Å². The zero-order chi connectivity index (χ0) is 30.5. The van der Waals surface area contributed by atoms with E-state index >= 15 is 0 Å². The molecule has 0 radical (unpaired) electrons. The molecule has 15 nitrogen and oxygen atoms in total. The fraction of sp³-hybridized carbons (Fsp3) is 0.538. The Balaban J connectivity index is 2.27. The molecule has 0 spiro atoms. The number of esters is 4. The highest BCUT2D eigenvalue weighted by atomic mass is 16.7. The molecular weight excluding hydrogens is 548 g/mol. The van der Waals surface area contributed by atoms with E-state index in [4.69, 9.17) is 33.2 Å². The van der Waals surface area contributed by atoms with Gasteiger partial charge in [0.05, 0.1) is 13.7 Å². The molecular formula is C26H34N2O13. The first-order valence-corrected chi connectivity index (χ1v) is 12.5. The number of ether oxygens (including phenoxy) is 7. The summed E-state index contributed by atoms with van der Waals surface area (Å²) in [6.07, 6.45) is -6.31. The number of hydrogen-bond acceptors (Lipinski definition) is 13. The van der Waals surface area contributed by atoms with Gasteiger partial charge in [-0.1, -0.05) is 30.3 Å². The van der Waals surface area contributed by atoms with Crippen LogP contribution in [0.1, 0.15) is 33.3 Å². The van der Waals surface area contributed by atoms with Crippen LogP contribution in [0.5, 0.6) is 0 Å². The number of methoxy groups -OCH3 is 1. The maximum atomic E-state index is 12.4. The molecule has 2 N–H and O–H groups in total. The molecule has 1 aromatic rings. The Morgan fingerprint density at radius 2 is 1.51 bits per heavy atom. The van der Waals surface area contributed by atoms with E-state index in [0.29, 0.717) is 5.56 Å². The first-order valence-electron chi connectivity index (χ1n) is 12.5. The van der Waals surface area contributed by atoms with Crippen molar-refractivity contribution in [2.45, 2.75) is 71.0 Å². The van der Waals surface area contributed by atoms with Gasteiger partial charge in [-0.05, 0) is 5.56 Å². The molecule has 1 aliphatic heterocycles. The molecule has 1 heterocycles. The molecule has 1 fully saturated rings. The predicted octanol–water partition coefficient (Wildman–Crippen LogP) is 0.127. The second-order valence-corrected chi connectivity index (χ2v) is 8.84. The fourth-order valence-electron chi connectivity index (χ4n) is 3.84. The van der Waals surface area contributed by atoms with E-state index < -0.39 is 85.8 Å². The summed E-state index contributed by atoms with van der Waals surface area (Å²) in [6.45, 7) is 3.45. The molecule has 2 amide bonds. The summed E-state index contributed by atoms with van der Waals surface area (Å²) >= 11 is 0. The standard InChI is InChI=1S/C26H34N2O13/c1-14(29)27-21-23(40-17(4)32)22(39-16(3)31)20(13-36-15(2)30)41-25(21)37-12-19(24(33)35-5)28-26(34)38-11-18-9-7-6-8-10-18/h6-10,19-23,25H,11-13H2,1-5H3,(H,27,29)(H,28,34)/t19-,20+,21+,22+,23+,25+/m0/s1. The molecule has 0 unspecified atom stereocenters. The normalized spacial score (nSPS) is 22.3. The van der Waals surface area contributed by atoms with Crippen LogP contribution in [0.15, 0.2) is 30.3 Å². The molecule has 0 saturated carbocycles. The van der Waals surface area contributed by atoms with E-state index in [1.165, 1.54) is 6.92 Å². The average molecular weight is 583 g/mol. The van der Waals surface area contributed by atoms with Crippen molar-refractivity contribution in [2.75, 3.05) is 20.3 Å². The number of alkyl carbamates (subject to hydrolysis) is 1. The summed E-state index contributed by atoms with van der Waals surface area (Å²) in [5, 5.41) is 4.86. The molecule has 226 valence electrons. The minimum atomic E-state index is -1.45. The molecule has 1 aliphatic rings. The van der Waals surface area contributed by atoms with Crippen molar-refractivity contribution >= 4 is 35.9 Å². The summed E-state index contributed by atoms with van der Waals surface area (Å²) in [5.74, 6) is -3.71. The van der Waals surface area contributed by atoms with Crippen LogP contribution in [0.25, 0.3) is 0 Å². The molecule has 15 heteroatoms. The topological polar surface area (TPSA) is 191 Å². The first-order chi connectivity index (χ1) is 19.4. The molecule has 1 saturated heterocycles. The molecule has 41 heavy (non-hydrogen) atoms. The summed E-state index contributed by atoms with van der Waals surface area (Å²) in [5.41, 5.74) is 0.708. The van der Waals surface area contributed by atoms with E-state index in [9.17, 15) is 28.8 Å². The van der Waals surface area contributed by atoms with Crippen molar-refractivity contribution in [3.63, 3.8) is 0 Å². The number of carbonyl (C=O) groups is 6. The van der Waals surface area contributed by atoms with Crippen molar-refractivity contribution in [2.24, 2.45) is 0 Å². The van der Waals surface area contributed by atoms with Gasteiger partial charge in [0.25, 0.3) is 0 Å². The Bertz CT molecular complexity index is 1080. The third kappa shape index (κ3) is 11.0. The zero-order valence-electron chi connectivity index (χ0n) is 23.3. The van der Waals surface area contributed by atoms with Crippen LogP contribution in [0, 0.1) is 0 Å². The molecule has 0 aromatic heterocycles. The highest BCUT2D eigenvalue weighted by molar-refractivity contribution is 5.81. The van der Waals surface area contributed by atoms with E-state index in [-0.39, 0.29) is 6.61 Å². The Labute approximate surface area is 236 Å². The van der Waals surface area contributed by atoms with Crippen molar-refractivity contribution in [1.29, 1.82) is 0 Å². The fourth-order valence-corrected chi connectivity index (χ4v) is 3.84. The predicted molar refractivity (Wildman–Crippen MR) is 136 cm³/mol. The summed E-state index contributed by atoms with van der Waals surface area (Å²) in [7, 11) is 1.10. The van der Waals surface area contributed by atoms with Crippen LogP contribution >= 0.6 is 0 Å². The number of carbonyl (C=O) groups excluding carboxylic acids is 6. The van der Waals surface area contributed by atoms with Gasteiger partial charge in [0.1, 0.15) is 25.4 Å². The van der Waals surface area contributed by atoms with Gasteiger partial charge in [-0.2, -0.15) is 0 Å². The van der Waals surface area contributed by atoms with Crippen LogP contribution in [0.3, 0.4) is 0 Å². The smallest absolute Gasteiger partial charge is 0.408 e. The third-order valence-electron chi connectivity index (χ3n) is 5.49. The molecule has 2 rings (SSSR count). The van der Waals surface area contributed by atoms with Crippen LogP contribution in [0.4, 0.5) is 4.79 Å². The zero-order valence-corrected chi connectivity index (χ0v) is 23.3. The summed E-state index contributed by atoms with van der Waals surface area (Å²) < 4.78 is 37.3. The minimum Gasteiger partial charge on any atom is -0.467 e. The van der Waals surface area contributed by atoms with Crippen molar-refractivity contribution in [1.82, 2.24) is 10.6 Å². The van der Waals surface area contributed by atoms with Gasteiger partial charge in [-0.25, -0.2) is 9.59 Å². The van der Waals surface area contributed by atoms with Gasteiger partial charge in [-0.15, -0.1) is 0 Å². The molecule has 0 aliphatic carbocycles. The quantitative estimate of drug-likeness (QED) is 0.250. The van der Waals surface area contributed by atoms with E-state index in [0.717, 1.165) is 27.9 Å². The van der Waals surface area contributed by atoms with Crippen molar-refractivity contribution < 1.29 is 61.9 Å². The van der Waals surface area contributed by atoms with Gasteiger partial charge in [0.15, 0.2) is 24.5 Å². The van der Waals surface area contributed by atoms with Crippen LogP contribution in [-0.4, -0.2) is 92.9 Å². The van der Waals surface area contributed by atoms with Crippen LogP contribution in [-0.2, 0) is 63.7 Å². The van der Waals surface area contributed by atoms with Gasteiger partial charge in [0, 0.05) is 27.7 Å². The van der Waals surface area contributed by atoms with Crippen LogP contribution in [0.2, 0.25) is 0 Å². The Morgan fingerprint density at radius 1 is 0.878 bits per heavy atom. The number of benzene rings is 1. The van der Waals surface area contributed by atoms with Gasteiger partial charge >= 0.3 is 30.0 Å². The monoisotopic (exact) mass is 582 g/mol. The number of rotatable bonds is 12. The van der Waals surface area contributed by atoms with E-state index in [1.807, 2.05) is 0 Å². The van der Waals surface area contributed by atoms with Crippen molar-refractivity contribution in [3.8, 4) is 0 Å². The van der Waals surface area contributed by atoms with Crippen molar-refractivity contribution in [3.05, 3.63) is 35.9 Å². The number of hydrogen-bond donors (Lipinski definition) is 2. The Morgan fingerprint density at radius 3 is 2.07 bits per heavy atom. The summed E-state index contributed by atoms with van der Waals surface area (Å²) in [6, 6.07) is 6.15. The largest absolute Gasteiger partial charge is 0.467 e. The lowest BCUT2D eigenvalue weighted by molar-refractivity contribution is -0.278. The molecule has 0 bridgehead atoms. The highest BCUT2D eigenvalue weighted by Gasteiger charge is 2.51. The SMILES string of the molecule is COC(=O)[C@H](CO[C@@H]1O[C@H](COC(C)=O)[C@@H](OC(C)=O)[C@H](OC(C)=O)[C@H]1NC(C)=O)NC(=O)OCc1ccccc1. The number of nitrogens with one attached hydrogen (secondary N) is 2. The third-order valence-corrected chi connectivity index (χ3v) is 5.49. The highest BCUT2D eigenvalue weighted by Crippen LogP contribution is 2.28. The second-order valence-electron chi connectivity index (χ2n) is 8.84. The lowest BCUT2D eigenvalue weighted by atomic mass is 9.96. The van der Waals surface area contributed by atoms with Gasteiger partial charge in [0.2, 0.25) is 5.91 Å². The van der Waals surface area contributed by atoms with Gasteiger partial charge in [-0.3, -0.25) is 19.2 Å². The van der Waals surface area contributed by atoms with E-state index in [2.05, 4.69) is 10.6 Å². The lowest BCUT2D eigenvalue weighted by Crippen LogP contribution is -2.67. The average Bonchev–Trinajstić information content (AvgIpc) is 2.90. The molecule has 6 atom stereocenters. The first kappa shape index (κ1) is 33.0. The Hall–Kier alpha value is -4.24. The number of amides is 2. The molecule has 1 aromatic carbocycles. The Kier molecular flexibility index (Phi) is 13.0. The van der Waals surface area contributed by atoms with Crippen LogP contribution < -0.4 is 10.6 Å². The lowest BCUT2D eigenvalue weighted by Gasteiger charge is -2.45. The minimum absolute atomic E-state index is 0.0722. The maximum absolute atomic E-state index is 12.4. The van der Waals surface area contributed by atoms with E-state index in [1.54, 1.807) is 30.3 Å². The second kappa shape index (κ2) is 16.1. The summed E-state index contributed by atoms with van der Waals surface area (Å²) in [4.78, 5) is 72.2.